The van der Waals surface area contributed by atoms with Gasteiger partial charge in [-0.1, -0.05) is 54.6 Å². The standard InChI is InChI=1S/C25H26N4O2/c30-24(28-23-13-7-6-12-22(23)27-21-10-2-1-3-11-21)14-16-26-25(31)29-17-15-19-8-4-5-9-20(19)18-29/h1-13,27H,14-18H2,(H,26,31)(H,28,30). The summed E-state index contributed by atoms with van der Waals surface area (Å²) in [5, 5.41) is 9.11. The van der Waals surface area contributed by atoms with Crippen LogP contribution >= 0.6 is 0 Å². The maximum absolute atomic E-state index is 12.5. The fourth-order valence-electron chi connectivity index (χ4n) is 3.65. The topological polar surface area (TPSA) is 73.5 Å². The van der Waals surface area contributed by atoms with E-state index in [0.717, 1.165) is 17.8 Å². The highest BCUT2D eigenvalue weighted by Crippen LogP contribution is 2.25. The van der Waals surface area contributed by atoms with Gasteiger partial charge >= 0.3 is 6.03 Å². The van der Waals surface area contributed by atoms with Crippen LogP contribution in [0.1, 0.15) is 17.5 Å². The molecule has 0 saturated carbocycles. The van der Waals surface area contributed by atoms with Crippen molar-refractivity contribution in [3.8, 4) is 0 Å². The Labute approximate surface area is 182 Å². The molecule has 1 heterocycles. The van der Waals surface area contributed by atoms with E-state index in [1.54, 1.807) is 4.90 Å². The van der Waals surface area contributed by atoms with Gasteiger partial charge < -0.3 is 20.9 Å². The van der Waals surface area contributed by atoms with Crippen LogP contribution in [0, 0.1) is 0 Å². The van der Waals surface area contributed by atoms with Crippen LogP contribution in [0.3, 0.4) is 0 Å². The number of urea groups is 1. The lowest BCUT2D eigenvalue weighted by Gasteiger charge is -2.28. The molecule has 0 spiro atoms. The van der Waals surface area contributed by atoms with Crippen molar-refractivity contribution in [2.45, 2.75) is 19.4 Å². The smallest absolute Gasteiger partial charge is 0.317 e. The zero-order valence-corrected chi connectivity index (χ0v) is 17.3. The third-order valence-electron chi connectivity index (χ3n) is 5.30. The molecular formula is C25H26N4O2. The van der Waals surface area contributed by atoms with Gasteiger partial charge in [-0.2, -0.15) is 0 Å². The monoisotopic (exact) mass is 414 g/mol. The van der Waals surface area contributed by atoms with Gasteiger partial charge in [0.25, 0.3) is 0 Å². The van der Waals surface area contributed by atoms with E-state index < -0.39 is 0 Å². The molecule has 6 nitrogen and oxygen atoms in total. The minimum absolute atomic E-state index is 0.131. The van der Waals surface area contributed by atoms with Gasteiger partial charge in [0.1, 0.15) is 0 Å². The number of amides is 3. The fraction of sp³-hybridized carbons (Fsp3) is 0.200. The van der Waals surface area contributed by atoms with Crippen molar-refractivity contribution in [2.75, 3.05) is 23.7 Å². The van der Waals surface area contributed by atoms with Crippen molar-refractivity contribution in [1.82, 2.24) is 10.2 Å². The molecule has 31 heavy (non-hydrogen) atoms. The fourth-order valence-corrected chi connectivity index (χ4v) is 3.65. The SMILES string of the molecule is O=C(CCNC(=O)N1CCc2ccccc2C1)Nc1ccccc1Nc1ccccc1. The molecule has 0 radical (unpaired) electrons. The summed E-state index contributed by atoms with van der Waals surface area (Å²) in [6.07, 6.45) is 1.06. The molecule has 4 rings (SSSR count). The zero-order valence-electron chi connectivity index (χ0n) is 17.3. The summed E-state index contributed by atoms with van der Waals surface area (Å²) in [7, 11) is 0. The van der Waals surface area contributed by atoms with Crippen LogP contribution in [-0.4, -0.2) is 29.9 Å². The molecule has 3 amide bonds. The van der Waals surface area contributed by atoms with Crippen molar-refractivity contribution >= 4 is 29.0 Å². The summed E-state index contributed by atoms with van der Waals surface area (Å²) in [4.78, 5) is 26.7. The molecule has 3 aromatic carbocycles. The van der Waals surface area contributed by atoms with Gasteiger partial charge in [0, 0.05) is 31.7 Å². The van der Waals surface area contributed by atoms with Gasteiger partial charge in [-0.25, -0.2) is 4.79 Å². The predicted octanol–water partition coefficient (Wildman–Crippen LogP) is 4.53. The normalized spacial score (nSPS) is 12.6. The molecule has 0 fully saturated rings. The minimum atomic E-state index is -0.147. The molecule has 3 aromatic rings. The summed E-state index contributed by atoms with van der Waals surface area (Å²) < 4.78 is 0. The Kier molecular flexibility index (Phi) is 6.47. The molecule has 0 atom stereocenters. The van der Waals surface area contributed by atoms with Crippen LogP contribution in [0.5, 0.6) is 0 Å². The van der Waals surface area contributed by atoms with Crippen molar-refractivity contribution in [3.63, 3.8) is 0 Å². The second-order valence-electron chi connectivity index (χ2n) is 7.51. The second-order valence-corrected chi connectivity index (χ2v) is 7.51. The Morgan fingerprint density at radius 3 is 2.29 bits per heavy atom. The number of fused-ring (bicyclic) bond motifs is 1. The number of anilines is 3. The molecular weight excluding hydrogens is 388 g/mol. The summed E-state index contributed by atoms with van der Waals surface area (Å²) in [5.41, 5.74) is 4.95. The predicted molar refractivity (Wildman–Crippen MR) is 123 cm³/mol. The van der Waals surface area contributed by atoms with Gasteiger partial charge in [-0.15, -0.1) is 0 Å². The van der Waals surface area contributed by atoms with Gasteiger partial charge in [-0.05, 0) is 41.8 Å². The Morgan fingerprint density at radius 2 is 1.48 bits per heavy atom. The van der Waals surface area contributed by atoms with Gasteiger partial charge in [-0.3, -0.25) is 4.79 Å². The van der Waals surface area contributed by atoms with Crippen molar-refractivity contribution < 1.29 is 9.59 Å². The summed E-state index contributed by atoms with van der Waals surface area (Å²) in [6.45, 7) is 1.58. The first-order valence-electron chi connectivity index (χ1n) is 10.5. The molecule has 0 aromatic heterocycles. The van der Waals surface area contributed by atoms with E-state index in [9.17, 15) is 9.59 Å². The quantitative estimate of drug-likeness (QED) is 0.555. The molecule has 0 aliphatic carbocycles. The number of rotatable bonds is 6. The maximum atomic E-state index is 12.5. The number of para-hydroxylation sites is 3. The highest BCUT2D eigenvalue weighted by Gasteiger charge is 2.20. The molecule has 1 aliphatic rings. The minimum Gasteiger partial charge on any atom is -0.354 e. The second kappa shape index (κ2) is 9.80. The van der Waals surface area contributed by atoms with Crippen LogP contribution in [0.4, 0.5) is 21.9 Å². The van der Waals surface area contributed by atoms with Gasteiger partial charge in [0.05, 0.1) is 11.4 Å². The van der Waals surface area contributed by atoms with E-state index in [4.69, 9.17) is 0 Å². The number of nitrogens with one attached hydrogen (secondary N) is 3. The summed E-state index contributed by atoms with van der Waals surface area (Å²) >= 11 is 0. The number of hydrogen-bond donors (Lipinski definition) is 3. The Morgan fingerprint density at radius 1 is 0.806 bits per heavy atom. The highest BCUT2D eigenvalue weighted by atomic mass is 16.2. The first-order valence-corrected chi connectivity index (χ1v) is 10.5. The average molecular weight is 415 g/mol. The number of hydrogen-bond acceptors (Lipinski definition) is 3. The Bertz CT molecular complexity index is 1050. The summed E-state index contributed by atoms with van der Waals surface area (Å²) in [6, 6.07) is 25.4. The number of carbonyl (C=O) groups excluding carboxylic acids is 2. The van der Waals surface area contributed by atoms with Crippen LogP contribution in [0.2, 0.25) is 0 Å². The third-order valence-corrected chi connectivity index (χ3v) is 5.30. The molecule has 0 unspecified atom stereocenters. The van der Waals surface area contributed by atoms with Crippen LogP contribution in [0.25, 0.3) is 0 Å². The van der Waals surface area contributed by atoms with Crippen LogP contribution in [0.15, 0.2) is 78.9 Å². The molecule has 6 heteroatoms. The highest BCUT2D eigenvalue weighted by molar-refractivity contribution is 5.95. The molecule has 3 N–H and O–H groups in total. The first kappa shape index (κ1) is 20.5. The first-order chi connectivity index (χ1) is 15.2. The van der Waals surface area contributed by atoms with Crippen LogP contribution in [-0.2, 0) is 17.8 Å². The third kappa shape index (κ3) is 5.42. The molecule has 0 saturated heterocycles. The number of nitrogens with zero attached hydrogens (tertiary/aromatic N) is 1. The average Bonchev–Trinajstić information content (AvgIpc) is 2.80. The lowest BCUT2D eigenvalue weighted by atomic mass is 10.0. The zero-order chi connectivity index (χ0) is 21.5. The van der Waals surface area contributed by atoms with E-state index in [1.165, 1.54) is 11.1 Å². The molecule has 158 valence electrons. The lowest BCUT2D eigenvalue weighted by Crippen LogP contribution is -2.43. The van der Waals surface area contributed by atoms with Gasteiger partial charge in [0.15, 0.2) is 0 Å². The van der Waals surface area contributed by atoms with Crippen LogP contribution < -0.4 is 16.0 Å². The lowest BCUT2D eigenvalue weighted by molar-refractivity contribution is -0.116. The van der Waals surface area contributed by atoms with Crippen molar-refractivity contribution in [2.24, 2.45) is 0 Å². The van der Waals surface area contributed by atoms with E-state index in [-0.39, 0.29) is 24.9 Å². The van der Waals surface area contributed by atoms with Crippen molar-refractivity contribution in [3.05, 3.63) is 90.0 Å². The molecule has 1 aliphatic heterocycles. The largest absolute Gasteiger partial charge is 0.354 e. The van der Waals surface area contributed by atoms with E-state index >= 15 is 0 Å². The Balaban J connectivity index is 1.26. The van der Waals surface area contributed by atoms with E-state index in [0.29, 0.717) is 18.8 Å². The maximum Gasteiger partial charge on any atom is 0.317 e. The van der Waals surface area contributed by atoms with Gasteiger partial charge in [0.2, 0.25) is 5.91 Å². The number of carbonyl (C=O) groups is 2. The Hall–Kier alpha value is -3.80. The van der Waals surface area contributed by atoms with Crippen molar-refractivity contribution in [1.29, 1.82) is 0 Å². The molecule has 0 bridgehead atoms. The van der Waals surface area contributed by atoms with E-state index in [2.05, 4.69) is 28.1 Å². The number of benzene rings is 3. The van der Waals surface area contributed by atoms with E-state index in [1.807, 2.05) is 66.7 Å². The summed E-state index contributed by atoms with van der Waals surface area (Å²) in [5.74, 6) is -0.147.